The summed E-state index contributed by atoms with van der Waals surface area (Å²) >= 11 is 8.89. The molecule has 1 unspecified atom stereocenters. The van der Waals surface area contributed by atoms with Crippen LogP contribution in [0.3, 0.4) is 0 Å². The van der Waals surface area contributed by atoms with Crippen LogP contribution >= 0.6 is 27.5 Å². The lowest BCUT2D eigenvalue weighted by Crippen LogP contribution is -2.25. The van der Waals surface area contributed by atoms with Gasteiger partial charge in [0.1, 0.15) is 11.6 Å². The summed E-state index contributed by atoms with van der Waals surface area (Å²) in [5, 5.41) is 0. The maximum Gasteiger partial charge on any atom is 0.227 e. The van der Waals surface area contributed by atoms with Crippen LogP contribution in [0.2, 0.25) is 0 Å². The van der Waals surface area contributed by atoms with Crippen molar-refractivity contribution < 1.29 is 13.9 Å². The summed E-state index contributed by atoms with van der Waals surface area (Å²) in [5.41, 5.74) is 0.573. The second-order valence-corrected chi connectivity index (χ2v) is 5.33. The van der Waals surface area contributed by atoms with E-state index in [1.165, 1.54) is 13.2 Å². The van der Waals surface area contributed by atoms with Crippen LogP contribution in [0.1, 0.15) is 6.42 Å². The first kappa shape index (κ1) is 13.6. The number of hydrogen-bond acceptors (Lipinski definition) is 2. The number of anilines is 1. The lowest BCUT2D eigenvalue weighted by Gasteiger charge is -2.20. The van der Waals surface area contributed by atoms with Crippen molar-refractivity contribution in [1.82, 2.24) is 0 Å². The first-order valence-corrected chi connectivity index (χ1v) is 6.79. The SMILES string of the molecule is COc1cc(F)c(Br)cc1N1CC(CCl)CC1=O. The van der Waals surface area contributed by atoms with Gasteiger partial charge in [0.15, 0.2) is 0 Å². The van der Waals surface area contributed by atoms with Gasteiger partial charge in [-0.25, -0.2) is 4.39 Å². The molecule has 1 saturated heterocycles. The number of rotatable bonds is 3. The average Bonchev–Trinajstić information content (AvgIpc) is 2.73. The summed E-state index contributed by atoms with van der Waals surface area (Å²) in [6.45, 7) is 0.538. The molecule has 1 amide bonds. The van der Waals surface area contributed by atoms with E-state index >= 15 is 0 Å². The fourth-order valence-corrected chi connectivity index (χ4v) is 2.55. The van der Waals surface area contributed by atoms with Crippen LogP contribution in [0.5, 0.6) is 5.75 Å². The molecule has 3 nitrogen and oxygen atoms in total. The van der Waals surface area contributed by atoms with Crippen molar-refractivity contribution >= 4 is 39.1 Å². The van der Waals surface area contributed by atoms with E-state index in [1.807, 2.05) is 0 Å². The fraction of sp³-hybridized carbons (Fsp3) is 0.417. The third kappa shape index (κ3) is 2.47. The van der Waals surface area contributed by atoms with E-state index < -0.39 is 5.82 Å². The Kier molecular flexibility index (Phi) is 4.12. The van der Waals surface area contributed by atoms with Crippen LogP contribution in [0.15, 0.2) is 16.6 Å². The fourth-order valence-electron chi connectivity index (χ4n) is 2.01. The van der Waals surface area contributed by atoms with E-state index in [0.717, 1.165) is 0 Å². The molecule has 0 bridgehead atoms. The molecule has 6 heteroatoms. The molecule has 0 spiro atoms. The number of nitrogens with zero attached hydrogens (tertiary/aromatic N) is 1. The summed E-state index contributed by atoms with van der Waals surface area (Å²) in [5.74, 6) is 0.480. The minimum atomic E-state index is -0.420. The van der Waals surface area contributed by atoms with Gasteiger partial charge in [-0.15, -0.1) is 11.6 Å². The molecule has 1 atom stereocenters. The van der Waals surface area contributed by atoms with Crippen molar-refractivity contribution in [2.45, 2.75) is 6.42 Å². The number of methoxy groups -OCH3 is 1. The predicted molar refractivity (Wildman–Crippen MR) is 71.8 cm³/mol. The van der Waals surface area contributed by atoms with Crippen LogP contribution in [0.4, 0.5) is 10.1 Å². The van der Waals surface area contributed by atoms with E-state index in [-0.39, 0.29) is 11.8 Å². The molecular formula is C12H12BrClFNO2. The summed E-state index contributed by atoms with van der Waals surface area (Å²) < 4.78 is 18.9. The highest BCUT2D eigenvalue weighted by Crippen LogP contribution is 2.36. The number of carbonyl (C=O) groups is 1. The van der Waals surface area contributed by atoms with Crippen LogP contribution in [-0.4, -0.2) is 25.4 Å². The molecule has 0 aromatic heterocycles. The van der Waals surface area contributed by atoms with E-state index in [1.54, 1.807) is 11.0 Å². The molecule has 1 fully saturated rings. The highest BCUT2D eigenvalue weighted by Gasteiger charge is 2.32. The first-order chi connectivity index (χ1) is 8.56. The van der Waals surface area contributed by atoms with Gasteiger partial charge in [-0.2, -0.15) is 0 Å². The van der Waals surface area contributed by atoms with Gasteiger partial charge in [-0.05, 0) is 27.9 Å². The molecule has 0 radical (unpaired) electrons. The number of alkyl halides is 1. The molecule has 98 valence electrons. The lowest BCUT2D eigenvalue weighted by molar-refractivity contribution is -0.117. The number of hydrogen-bond donors (Lipinski definition) is 0. The highest BCUT2D eigenvalue weighted by molar-refractivity contribution is 9.10. The number of carbonyl (C=O) groups excluding carboxylic acids is 1. The zero-order valence-corrected chi connectivity index (χ0v) is 12.1. The molecule has 1 aliphatic rings. The van der Waals surface area contributed by atoms with E-state index in [9.17, 15) is 9.18 Å². The summed E-state index contributed by atoms with van der Waals surface area (Å²) in [4.78, 5) is 13.5. The van der Waals surface area contributed by atoms with Gasteiger partial charge < -0.3 is 9.64 Å². The molecule has 0 saturated carbocycles. The van der Waals surface area contributed by atoms with Gasteiger partial charge >= 0.3 is 0 Å². The Labute approximate surface area is 118 Å². The summed E-state index contributed by atoms with van der Waals surface area (Å²) in [6.07, 6.45) is 0.418. The van der Waals surface area contributed by atoms with Crippen LogP contribution < -0.4 is 9.64 Å². The monoisotopic (exact) mass is 335 g/mol. The van der Waals surface area contributed by atoms with E-state index in [4.69, 9.17) is 16.3 Å². The topological polar surface area (TPSA) is 29.5 Å². The Bertz CT molecular complexity index is 483. The smallest absolute Gasteiger partial charge is 0.227 e. The second-order valence-electron chi connectivity index (χ2n) is 4.17. The van der Waals surface area contributed by atoms with Gasteiger partial charge in [-0.3, -0.25) is 4.79 Å². The Hall–Kier alpha value is -0.810. The lowest BCUT2D eigenvalue weighted by atomic mass is 10.1. The standard InChI is InChI=1S/C12H12BrClFNO2/c1-18-11-4-9(15)8(13)3-10(11)16-6-7(5-14)2-12(16)17/h3-4,7H,2,5-6H2,1H3. The molecular weight excluding hydrogens is 324 g/mol. The predicted octanol–water partition coefficient (Wildman–Crippen LogP) is 3.19. The molecule has 2 rings (SSSR count). The van der Waals surface area contributed by atoms with Crippen molar-refractivity contribution in [1.29, 1.82) is 0 Å². The molecule has 1 aromatic carbocycles. The molecule has 18 heavy (non-hydrogen) atoms. The number of amides is 1. The van der Waals surface area contributed by atoms with Crippen LogP contribution in [0, 0.1) is 11.7 Å². The van der Waals surface area contributed by atoms with Gasteiger partial charge in [-0.1, -0.05) is 0 Å². The Balaban J connectivity index is 2.38. The van der Waals surface area contributed by atoms with Gasteiger partial charge in [0.25, 0.3) is 0 Å². The van der Waals surface area contributed by atoms with Gasteiger partial charge in [0.05, 0.1) is 17.3 Å². The maximum atomic E-state index is 13.4. The van der Waals surface area contributed by atoms with Crippen molar-refractivity contribution in [2.75, 3.05) is 24.4 Å². The Morgan fingerprint density at radius 3 is 2.89 bits per heavy atom. The second kappa shape index (κ2) is 5.45. The summed E-state index contributed by atoms with van der Waals surface area (Å²) in [7, 11) is 1.45. The zero-order chi connectivity index (χ0) is 13.3. The Morgan fingerprint density at radius 2 is 2.33 bits per heavy atom. The summed E-state index contributed by atoms with van der Waals surface area (Å²) in [6, 6.07) is 2.82. The Morgan fingerprint density at radius 1 is 1.61 bits per heavy atom. The van der Waals surface area contributed by atoms with Crippen molar-refractivity contribution in [3.8, 4) is 5.75 Å². The third-order valence-electron chi connectivity index (χ3n) is 2.94. The minimum absolute atomic E-state index is 0.0162. The van der Waals surface area contributed by atoms with Crippen molar-refractivity contribution in [2.24, 2.45) is 5.92 Å². The molecule has 0 aliphatic carbocycles. The highest BCUT2D eigenvalue weighted by atomic mass is 79.9. The largest absolute Gasteiger partial charge is 0.494 e. The normalized spacial score (nSPS) is 19.4. The average molecular weight is 337 g/mol. The third-order valence-corrected chi connectivity index (χ3v) is 3.98. The first-order valence-electron chi connectivity index (χ1n) is 5.46. The molecule has 1 aromatic rings. The number of halogens is 3. The minimum Gasteiger partial charge on any atom is -0.494 e. The number of ether oxygens (including phenoxy) is 1. The van der Waals surface area contributed by atoms with Crippen LogP contribution in [0.25, 0.3) is 0 Å². The quantitative estimate of drug-likeness (QED) is 0.793. The number of benzene rings is 1. The zero-order valence-electron chi connectivity index (χ0n) is 9.75. The van der Waals surface area contributed by atoms with Crippen LogP contribution in [-0.2, 0) is 4.79 Å². The molecule has 1 aliphatic heterocycles. The maximum absolute atomic E-state index is 13.4. The van der Waals surface area contributed by atoms with Crippen molar-refractivity contribution in [3.63, 3.8) is 0 Å². The van der Waals surface area contributed by atoms with Gasteiger partial charge in [0.2, 0.25) is 5.91 Å². The van der Waals surface area contributed by atoms with Gasteiger partial charge in [0, 0.05) is 24.9 Å². The molecule has 0 N–H and O–H groups in total. The van der Waals surface area contributed by atoms with E-state index in [0.29, 0.717) is 34.8 Å². The van der Waals surface area contributed by atoms with E-state index in [2.05, 4.69) is 15.9 Å². The molecule has 1 heterocycles. The van der Waals surface area contributed by atoms with Crippen molar-refractivity contribution in [3.05, 3.63) is 22.4 Å².